The van der Waals surface area contributed by atoms with E-state index in [-0.39, 0.29) is 0 Å². The van der Waals surface area contributed by atoms with Gasteiger partial charge in [0.15, 0.2) is 11.6 Å². The predicted molar refractivity (Wildman–Crippen MR) is 239 cm³/mol. The van der Waals surface area contributed by atoms with Gasteiger partial charge in [0.05, 0.1) is 27.5 Å². The van der Waals surface area contributed by atoms with Crippen LogP contribution in [0.2, 0.25) is 0 Å². The third-order valence-corrected chi connectivity index (χ3v) is 13.7. The molecule has 6 heteroatoms. The molecular formula is C50H28N4S2. The second-order valence-corrected chi connectivity index (χ2v) is 16.7. The van der Waals surface area contributed by atoms with E-state index in [1.165, 1.54) is 68.1 Å². The van der Waals surface area contributed by atoms with Crippen LogP contribution in [0.1, 0.15) is 0 Å². The Labute approximate surface area is 327 Å². The maximum Gasteiger partial charge on any atom is 0.163 e. The van der Waals surface area contributed by atoms with Crippen LogP contribution in [0.4, 0.5) is 0 Å². The Bertz CT molecular complexity index is 3770. The third-order valence-electron chi connectivity index (χ3n) is 11.5. The largest absolute Gasteiger partial charge is 0.309 e. The lowest BCUT2D eigenvalue weighted by atomic mass is 10.0. The Morgan fingerprint density at radius 3 is 1.79 bits per heavy atom. The van der Waals surface area contributed by atoms with E-state index in [1.807, 2.05) is 11.3 Å². The first-order chi connectivity index (χ1) is 27.8. The molecule has 0 radical (unpaired) electrons. The van der Waals surface area contributed by atoms with E-state index in [1.54, 1.807) is 11.3 Å². The molecule has 8 aromatic carbocycles. The summed E-state index contributed by atoms with van der Waals surface area (Å²) >= 11 is 3.61. The zero-order valence-electron chi connectivity index (χ0n) is 29.8. The van der Waals surface area contributed by atoms with Crippen molar-refractivity contribution >= 4 is 118 Å². The Morgan fingerprint density at radius 1 is 0.375 bits per heavy atom. The molecule has 0 aliphatic rings. The SMILES string of the molecule is c1ccc(-n2c3ccccc3c3cc(-c4nc(-n5c6ccccc6c6cc7c(ccc8sc9ccccc9c87)cc65)c5c(n4)sc4ccccc45)ccc32)cc1. The lowest BCUT2D eigenvalue weighted by Gasteiger charge is -2.12. The minimum absolute atomic E-state index is 0.718. The standard InChI is InChI=1S/C50H28N4S2/c1-2-12-31(13-3-1)53-39-18-8-4-14-32(39)37-26-30(22-24-41(37)53)48-51-49(47-35-17-7-11-21-44(35)56-50(47)52-48)54-40-19-9-5-15-33(40)38-28-36-29(27-42(38)54)23-25-45-46(36)34-16-6-10-20-43(34)55-45/h1-28H. The van der Waals surface area contributed by atoms with Crippen LogP contribution in [0.15, 0.2) is 170 Å². The van der Waals surface area contributed by atoms with E-state index in [2.05, 4.69) is 179 Å². The summed E-state index contributed by atoms with van der Waals surface area (Å²) in [5.74, 6) is 1.62. The molecule has 0 saturated carbocycles. The summed E-state index contributed by atoms with van der Waals surface area (Å²) in [6.07, 6.45) is 0. The van der Waals surface area contributed by atoms with Gasteiger partial charge in [-0.2, -0.15) is 0 Å². The van der Waals surface area contributed by atoms with E-state index >= 15 is 0 Å². The normalized spacial score (nSPS) is 12.3. The average Bonchev–Trinajstić information content (AvgIpc) is 4.00. The highest BCUT2D eigenvalue weighted by atomic mass is 32.1. The first-order valence-corrected chi connectivity index (χ1v) is 20.5. The van der Waals surface area contributed by atoms with Gasteiger partial charge >= 0.3 is 0 Å². The first kappa shape index (κ1) is 30.5. The minimum atomic E-state index is 0.718. The van der Waals surface area contributed by atoms with Gasteiger partial charge in [-0.05, 0) is 83.6 Å². The number of aromatic nitrogens is 4. The molecular weight excluding hydrogens is 721 g/mol. The zero-order valence-corrected chi connectivity index (χ0v) is 31.4. The van der Waals surface area contributed by atoms with Gasteiger partial charge in [-0.15, -0.1) is 22.7 Å². The topological polar surface area (TPSA) is 35.6 Å². The van der Waals surface area contributed by atoms with Crippen LogP contribution >= 0.6 is 22.7 Å². The van der Waals surface area contributed by atoms with Gasteiger partial charge in [0.25, 0.3) is 0 Å². The summed E-state index contributed by atoms with van der Waals surface area (Å²) in [6.45, 7) is 0. The lowest BCUT2D eigenvalue weighted by Crippen LogP contribution is -2.02. The van der Waals surface area contributed by atoms with Crippen LogP contribution in [0.5, 0.6) is 0 Å². The van der Waals surface area contributed by atoms with Crippen LogP contribution in [0.25, 0.3) is 118 Å². The molecule has 0 bridgehead atoms. The van der Waals surface area contributed by atoms with E-state index in [9.17, 15) is 0 Å². The molecule has 13 aromatic rings. The summed E-state index contributed by atoms with van der Waals surface area (Å²) in [6, 6.07) is 61.6. The molecule has 0 fully saturated rings. The Kier molecular flexibility index (Phi) is 6.17. The summed E-state index contributed by atoms with van der Waals surface area (Å²) in [5.41, 5.74) is 6.74. The molecule has 13 rings (SSSR count). The highest BCUT2D eigenvalue weighted by Crippen LogP contribution is 2.44. The fraction of sp³-hybridized carbons (Fsp3) is 0. The van der Waals surface area contributed by atoms with E-state index in [0.29, 0.717) is 0 Å². The highest BCUT2D eigenvalue weighted by molar-refractivity contribution is 7.26. The summed E-state index contributed by atoms with van der Waals surface area (Å²) in [7, 11) is 0. The molecule has 5 aromatic heterocycles. The second kappa shape index (κ2) is 11.3. The van der Waals surface area contributed by atoms with Gasteiger partial charge in [0.1, 0.15) is 4.83 Å². The third kappa shape index (κ3) is 4.17. The van der Waals surface area contributed by atoms with Crippen molar-refractivity contribution in [2.75, 3.05) is 0 Å². The van der Waals surface area contributed by atoms with Crippen molar-refractivity contribution in [2.45, 2.75) is 0 Å². The molecule has 5 heterocycles. The average molecular weight is 749 g/mol. The van der Waals surface area contributed by atoms with Crippen molar-refractivity contribution in [1.82, 2.24) is 19.1 Å². The fourth-order valence-corrected chi connectivity index (χ4v) is 11.3. The van der Waals surface area contributed by atoms with Crippen LogP contribution < -0.4 is 0 Å². The van der Waals surface area contributed by atoms with Gasteiger partial charge in [-0.1, -0.05) is 97.1 Å². The molecule has 0 amide bonds. The lowest BCUT2D eigenvalue weighted by molar-refractivity contribution is 1.08. The van der Waals surface area contributed by atoms with Crippen molar-refractivity contribution in [3.8, 4) is 22.9 Å². The summed E-state index contributed by atoms with van der Waals surface area (Å²) in [4.78, 5) is 11.9. The van der Waals surface area contributed by atoms with Crippen molar-refractivity contribution in [3.05, 3.63) is 170 Å². The second-order valence-electron chi connectivity index (χ2n) is 14.5. The fourth-order valence-electron chi connectivity index (χ4n) is 9.10. The van der Waals surface area contributed by atoms with Crippen LogP contribution in [0.3, 0.4) is 0 Å². The monoisotopic (exact) mass is 748 g/mol. The Morgan fingerprint density at radius 2 is 1.00 bits per heavy atom. The molecule has 0 aliphatic carbocycles. The van der Waals surface area contributed by atoms with Crippen molar-refractivity contribution in [3.63, 3.8) is 0 Å². The number of para-hydroxylation sites is 3. The molecule has 4 nitrogen and oxygen atoms in total. The minimum Gasteiger partial charge on any atom is -0.309 e. The number of rotatable bonds is 3. The van der Waals surface area contributed by atoms with Crippen LogP contribution in [-0.4, -0.2) is 19.1 Å². The van der Waals surface area contributed by atoms with Crippen LogP contribution in [-0.2, 0) is 0 Å². The number of benzene rings is 8. The first-order valence-electron chi connectivity index (χ1n) is 18.8. The smallest absolute Gasteiger partial charge is 0.163 e. The maximum atomic E-state index is 5.60. The van der Waals surface area contributed by atoms with Crippen molar-refractivity contribution in [1.29, 1.82) is 0 Å². The number of hydrogen-bond acceptors (Lipinski definition) is 4. The zero-order chi connectivity index (χ0) is 36.5. The maximum absolute atomic E-state index is 5.60. The highest BCUT2D eigenvalue weighted by Gasteiger charge is 2.23. The number of nitrogens with zero attached hydrogens (tertiary/aromatic N) is 4. The summed E-state index contributed by atoms with van der Waals surface area (Å²) < 4.78 is 8.59. The van der Waals surface area contributed by atoms with Gasteiger partial charge < -0.3 is 4.57 Å². The summed E-state index contributed by atoms with van der Waals surface area (Å²) in [5, 5.41) is 12.2. The number of fused-ring (bicyclic) bond motifs is 14. The van der Waals surface area contributed by atoms with Gasteiger partial charge in [0, 0.05) is 63.1 Å². The molecule has 0 unspecified atom stereocenters. The molecule has 0 spiro atoms. The Balaban J connectivity index is 1.12. The Hall–Kier alpha value is -6.86. The molecule has 260 valence electrons. The molecule has 0 N–H and O–H groups in total. The van der Waals surface area contributed by atoms with Crippen LogP contribution in [0, 0.1) is 0 Å². The number of thiophene rings is 2. The van der Waals surface area contributed by atoms with E-state index in [4.69, 9.17) is 9.97 Å². The quantitative estimate of drug-likeness (QED) is 0.180. The number of hydrogen-bond donors (Lipinski definition) is 0. The molecule has 0 saturated heterocycles. The van der Waals surface area contributed by atoms with Crippen molar-refractivity contribution in [2.24, 2.45) is 0 Å². The molecule has 0 atom stereocenters. The predicted octanol–water partition coefficient (Wildman–Crippen LogP) is 14.2. The van der Waals surface area contributed by atoms with Gasteiger partial charge in [-0.25, -0.2) is 9.97 Å². The van der Waals surface area contributed by atoms with Gasteiger partial charge in [0.2, 0.25) is 0 Å². The molecule has 56 heavy (non-hydrogen) atoms. The van der Waals surface area contributed by atoms with E-state index < -0.39 is 0 Å². The van der Waals surface area contributed by atoms with Gasteiger partial charge in [-0.3, -0.25) is 4.57 Å². The molecule has 0 aliphatic heterocycles. The van der Waals surface area contributed by atoms with E-state index in [0.717, 1.165) is 49.7 Å². The van der Waals surface area contributed by atoms with Crippen molar-refractivity contribution < 1.29 is 0 Å².